The quantitative estimate of drug-likeness (QED) is 0.663. The van der Waals surface area contributed by atoms with Gasteiger partial charge in [0.2, 0.25) is 0 Å². The SMILES string of the molecule is CC(=O)SC1CCNC/C1=C\CO.O=C(O)C(F)(F)F. The highest BCUT2D eigenvalue weighted by molar-refractivity contribution is 8.14. The summed E-state index contributed by atoms with van der Waals surface area (Å²) in [5, 5.41) is 19.5. The van der Waals surface area contributed by atoms with Crippen molar-refractivity contribution in [1.82, 2.24) is 5.32 Å². The van der Waals surface area contributed by atoms with Gasteiger partial charge in [0, 0.05) is 18.7 Å². The van der Waals surface area contributed by atoms with E-state index in [4.69, 9.17) is 15.0 Å². The number of aliphatic hydroxyl groups is 1. The molecule has 9 heteroatoms. The lowest BCUT2D eigenvalue weighted by molar-refractivity contribution is -0.192. The predicted octanol–water partition coefficient (Wildman–Crippen LogP) is 1.18. The molecule has 3 N–H and O–H groups in total. The number of thioether (sulfide) groups is 1. The Morgan fingerprint density at radius 1 is 1.50 bits per heavy atom. The average molecular weight is 315 g/mol. The average Bonchev–Trinajstić information content (AvgIpc) is 2.31. The van der Waals surface area contributed by atoms with Crippen LogP contribution in [0.15, 0.2) is 11.6 Å². The zero-order valence-corrected chi connectivity index (χ0v) is 11.6. The van der Waals surface area contributed by atoms with Crippen molar-refractivity contribution in [2.24, 2.45) is 0 Å². The van der Waals surface area contributed by atoms with Crippen molar-refractivity contribution in [3.8, 4) is 0 Å². The van der Waals surface area contributed by atoms with Gasteiger partial charge in [0.05, 0.1) is 6.61 Å². The van der Waals surface area contributed by atoms with Crippen LogP contribution in [0.1, 0.15) is 13.3 Å². The topological polar surface area (TPSA) is 86.6 Å². The van der Waals surface area contributed by atoms with E-state index in [1.165, 1.54) is 11.8 Å². The lowest BCUT2D eigenvalue weighted by atomic mass is 10.1. The third-order valence-corrected chi connectivity index (χ3v) is 3.39. The van der Waals surface area contributed by atoms with Crippen molar-refractivity contribution < 1.29 is 33.0 Å². The van der Waals surface area contributed by atoms with Crippen LogP contribution >= 0.6 is 11.8 Å². The number of alkyl halides is 3. The molecule has 1 atom stereocenters. The zero-order chi connectivity index (χ0) is 15.8. The summed E-state index contributed by atoms with van der Waals surface area (Å²) in [6, 6.07) is 0. The Morgan fingerprint density at radius 3 is 2.45 bits per heavy atom. The van der Waals surface area contributed by atoms with E-state index in [0.29, 0.717) is 0 Å². The van der Waals surface area contributed by atoms with E-state index in [-0.39, 0.29) is 17.0 Å². The molecule has 1 fully saturated rings. The highest BCUT2D eigenvalue weighted by atomic mass is 32.2. The second-order valence-electron chi connectivity index (χ2n) is 3.83. The van der Waals surface area contributed by atoms with Gasteiger partial charge in [-0.3, -0.25) is 4.79 Å². The van der Waals surface area contributed by atoms with Crippen LogP contribution in [0.4, 0.5) is 13.2 Å². The Balaban J connectivity index is 0.000000441. The summed E-state index contributed by atoms with van der Waals surface area (Å²) in [5.41, 5.74) is 1.15. The number of piperidine rings is 1. The lowest BCUT2D eigenvalue weighted by Gasteiger charge is -2.24. The van der Waals surface area contributed by atoms with Crippen LogP contribution < -0.4 is 5.32 Å². The Morgan fingerprint density at radius 2 is 2.05 bits per heavy atom. The van der Waals surface area contributed by atoms with Crippen molar-refractivity contribution in [2.75, 3.05) is 19.7 Å². The van der Waals surface area contributed by atoms with E-state index in [2.05, 4.69) is 5.32 Å². The molecular formula is C11H16F3NO4S. The summed E-state index contributed by atoms with van der Waals surface area (Å²) in [4.78, 5) is 19.8. The molecule has 0 amide bonds. The zero-order valence-electron chi connectivity index (χ0n) is 10.7. The molecule has 0 aliphatic carbocycles. The number of carboxylic acid groups (broad SMARTS) is 1. The van der Waals surface area contributed by atoms with Crippen molar-refractivity contribution in [3.63, 3.8) is 0 Å². The number of carboxylic acids is 1. The van der Waals surface area contributed by atoms with Gasteiger partial charge in [-0.15, -0.1) is 0 Å². The van der Waals surface area contributed by atoms with Crippen LogP contribution in [0.5, 0.6) is 0 Å². The summed E-state index contributed by atoms with van der Waals surface area (Å²) >= 11 is 1.37. The summed E-state index contributed by atoms with van der Waals surface area (Å²) in [6.07, 6.45) is -2.32. The lowest BCUT2D eigenvalue weighted by Crippen LogP contribution is -2.32. The summed E-state index contributed by atoms with van der Waals surface area (Å²) in [7, 11) is 0. The second kappa shape index (κ2) is 8.98. The largest absolute Gasteiger partial charge is 0.490 e. The number of aliphatic carboxylic acids is 1. The summed E-state index contributed by atoms with van der Waals surface area (Å²) in [5.74, 6) is -2.76. The molecule has 1 heterocycles. The van der Waals surface area contributed by atoms with Crippen LogP contribution in [0.3, 0.4) is 0 Å². The van der Waals surface area contributed by atoms with E-state index >= 15 is 0 Å². The van der Waals surface area contributed by atoms with Gasteiger partial charge in [0.15, 0.2) is 5.12 Å². The number of rotatable bonds is 2. The molecule has 1 aliphatic heterocycles. The highest BCUT2D eigenvalue weighted by Gasteiger charge is 2.38. The normalized spacial score (nSPS) is 21.1. The van der Waals surface area contributed by atoms with Crippen LogP contribution in [-0.2, 0) is 9.59 Å². The number of hydrogen-bond donors (Lipinski definition) is 3. The molecule has 0 saturated carbocycles. The first kappa shape index (κ1) is 18.9. The molecule has 1 aliphatic rings. The van der Waals surface area contributed by atoms with Gasteiger partial charge in [0.1, 0.15) is 0 Å². The first-order valence-electron chi connectivity index (χ1n) is 5.66. The van der Waals surface area contributed by atoms with Gasteiger partial charge in [-0.05, 0) is 18.5 Å². The Bertz CT molecular complexity index is 371. The number of carbonyl (C=O) groups is 2. The summed E-state index contributed by atoms with van der Waals surface area (Å²) in [6.45, 7) is 3.40. The van der Waals surface area contributed by atoms with Crippen molar-refractivity contribution in [3.05, 3.63) is 11.6 Å². The van der Waals surface area contributed by atoms with Gasteiger partial charge in [-0.25, -0.2) is 4.79 Å². The highest BCUT2D eigenvalue weighted by Crippen LogP contribution is 2.24. The number of aliphatic hydroxyl groups excluding tert-OH is 1. The van der Waals surface area contributed by atoms with Gasteiger partial charge >= 0.3 is 12.1 Å². The monoisotopic (exact) mass is 315 g/mol. The van der Waals surface area contributed by atoms with Gasteiger partial charge in [-0.1, -0.05) is 17.8 Å². The van der Waals surface area contributed by atoms with E-state index in [0.717, 1.165) is 25.1 Å². The maximum atomic E-state index is 10.9. The molecule has 0 bridgehead atoms. The van der Waals surface area contributed by atoms with Gasteiger partial charge < -0.3 is 15.5 Å². The molecule has 116 valence electrons. The number of halogens is 3. The fourth-order valence-corrected chi connectivity index (χ4v) is 2.39. The van der Waals surface area contributed by atoms with E-state index in [9.17, 15) is 18.0 Å². The first-order valence-corrected chi connectivity index (χ1v) is 6.54. The van der Waals surface area contributed by atoms with Crippen molar-refractivity contribution >= 4 is 22.8 Å². The molecule has 0 spiro atoms. The third-order valence-electron chi connectivity index (χ3n) is 2.23. The number of nitrogens with one attached hydrogen (secondary N) is 1. The number of hydrogen-bond acceptors (Lipinski definition) is 5. The third kappa shape index (κ3) is 8.18. The van der Waals surface area contributed by atoms with Crippen molar-refractivity contribution in [2.45, 2.75) is 24.8 Å². The minimum Gasteiger partial charge on any atom is -0.475 e. The molecule has 1 unspecified atom stereocenters. The van der Waals surface area contributed by atoms with Gasteiger partial charge in [-0.2, -0.15) is 13.2 Å². The minimum atomic E-state index is -5.08. The maximum Gasteiger partial charge on any atom is 0.490 e. The van der Waals surface area contributed by atoms with E-state index in [1.54, 1.807) is 13.0 Å². The predicted molar refractivity (Wildman–Crippen MR) is 68.4 cm³/mol. The fourth-order valence-electron chi connectivity index (χ4n) is 1.42. The van der Waals surface area contributed by atoms with Crippen LogP contribution in [-0.4, -0.2) is 52.4 Å². The van der Waals surface area contributed by atoms with E-state index < -0.39 is 12.1 Å². The molecule has 0 aromatic carbocycles. The Labute approximate surface area is 118 Å². The molecule has 0 radical (unpaired) electrons. The maximum absolute atomic E-state index is 10.9. The van der Waals surface area contributed by atoms with Gasteiger partial charge in [0.25, 0.3) is 0 Å². The molecule has 5 nitrogen and oxygen atoms in total. The molecular weight excluding hydrogens is 299 g/mol. The van der Waals surface area contributed by atoms with Crippen LogP contribution in [0, 0.1) is 0 Å². The molecule has 1 rings (SSSR count). The first-order chi connectivity index (χ1) is 9.18. The van der Waals surface area contributed by atoms with Crippen LogP contribution in [0.2, 0.25) is 0 Å². The standard InChI is InChI=1S/C9H15NO2S.C2HF3O2/c1-7(12)13-9-2-4-10-6-8(9)3-5-11;3-2(4,5)1(6)7/h3,9-11H,2,4-6H2,1H3;(H,6,7)/b8-3+;. The molecule has 1 saturated heterocycles. The Kier molecular flexibility index (Phi) is 8.51. The smallest absolute Gasteiger partial charge is 0.475 e. The molecule has 0 aromatic rings. The number of carbonyl (C=O) groups excluding carboxylic acids is 1. The fraction of sp³-hybridized carbons (Fsp3) is 0.636. The van der Waals surface area contributed by atoms with Crippen molar-refractivity contribution in [1.29, 1.82) is 0 Å². The second-order valence-corrected chi connectivity index (χ2v) is 5.21. The molecule has 20 heavy (non-hydrogen) atoms. The summed E-state index contributed by atoms with van der Waals surface area (Å²) < 4.78 is 31.7. The Hall–Kier alpha value is -1.06. The molecule has 0 aromatic heterocycles. The van der Waals surface area contributed by atoms with E-state index in [1.807, 2.05) is 0 Å². The van der Waals surface area contributed by atoms with Crippen LogP contribution in [0.25, 0.3) is 0 Å². The minimum absolute atomic E-state index is 0.0615.